The van der Waals surface area contributed by atoms with Gasteiger partial charge in [0.15, 0.2) is 0 Å². The zero-order valence-electron chi connectivity index (χ0n) is 8.39. The van der Waals surface area contributed by atoms with Gasteiger partial charge in [0.2, 0.25) is 0 Å². The number of rotatable bonds is 2. The maximum Gasteiger partial charge on any atom is 0.337 e. The molecule has 3 heteroatoms. The van der Waals surface area contributed by atoms with E-state index in [4.69, 9.17) is 4.74 Å². The molecule has 1 aliphatic rings. The van der Waals surface area contributed by atoms with E-state index in [1.807, 2.05) is 13.8 Å². The van der Waals surface area contributed by atoms with Crippen LogP contribution in [-0.4, -0.2) is 17.7 Å². The summed E-state index contributed by atoms with van der Waals surface area (Å²) in [6, 6.07) is 0. The predicted molar refractivity (Wildman–Crippen MR) is 49.3 cm³/mol. The van der Waals surface area contributed by atoms with Gasteiger partial charge in [-0.2, -0.15) is 0 Å². The number of aliphatic hydroxyl groups is 1. The van der Waals surface area contributed by atoms with E-state index in [0.29, 0.717) is 25.0 Å². The van der Waals surface area contributed by atoms with Crippen LogP contribution < -0.4 is 0 Å². The fourth-order valence-electron chi connectivity index (χ4n) is 1.61. The Morgan fingerprint density at radius 2 is 2.15 bits per heavy atom. The van der Waals surface area contributed by atoms with E-state index >= 15 is 0 Å². The van der Waals surface area contributed by atoms with Gasteiger partial charge in [-0.05, 0) is 18.8 Å². The van der Waals surface area contributed by atoms with E-state index in [1.54, 1.807) is 6.92 Å². The van der Waals surface area contributed by atoms with Crippen molar-refractivity contribution in [3.05, 3.63) is 11.3 Å². The summed E-state index contributed by atoms with van der Waals surface area (Å²) >= 11 is 0. The van der Waals surface area contributed by atoms with Gasteiger partial charge in [0.05, 0.1) is 12.2 Å². The van der Waals surface area contributed by atoms with Crippen LogP contribution in [0, 0.1) is 5.41 Å². The summed E-state index contributed by atoms with van der Waals surface area (Å²) in [5.41, 5.74) is 0.443. The van der Waals surface area contributed by atoms with Gasteiger partial charge in [-0.1, -0.05) is 13.8 Å². The average Bonchev–Trinajstić information content (AvgIpc) is 2.25. The minimum absolute atomic E-state index is 0.00776. The Kier molecular flexibility index (Phi) is 2.64. The smallest absolute Gasteiger partial charge is 0.337 e. The van der Waals surface area contributed by atoms with Crippen LogP contribution in [0.4, 0.5) is 0 Å². The van der Waals surface area contributed by atoms with Crippen LogP contribution >= 0.6 is 0 Å². The van der Waals surface area contributed by atoms with Crippen LogP contribution in [0.25, 0.3) is 0 Å². The van der Waals surface area contributed by atoms with Crippen LogP contribution in [0.1, 0.15) is 33.6 Å². The Bertz CT molecular complexity index is 251. The summed E-state index contributed by atoms with van der Waals surface area (Å²) < 4.78 is 4.83. The van der Waals surface area contributed by atoms with Crippen molar-refractivity contribution in [2.45, 2.75) is 33.6 Å². The van der Waals surface area contributed by atoms with Gasteiger partial charge in [-0.25, -0.2) is 4.79 Å². The molecule has 74 valence electrons. The molecule has 1 rings (SSSR count). The van der Waals surface area contributed by atoms with Crippen molar-refractivity contribution in [3.8, 4) is 0 Å². The van der Waals surface area contributed by atoms with Crippen LogP contribution in [0.5, 0.6) is 0 Å². The number of hydrogen-bond acceptors (Lipinski definition) is 3. The molecule has 0 amide bonds. The quantitative estimate of drug-likeness (QED) is 0.669. The molecule has 0 bridgehead atoms. The lowest BCUT2D eigenvalue weighted by Gasteiger charge is -2.15. The number of carbonyl (C=O) groups excluding carboxylic acids is 1. The summed E-state index contributed by atoms with van der Waals surface area (Å²) in [6.45, 7) is 6.16. The monoisotopic (exact) mass is 184 g/mol. The van der Waals surface area contributed by atoms with Crippen molar-refractivity contribution >= 4 is 5.97 Å². The normalized spacial score (nSPS) is 20.5. The number of carbonyl (C=O) groups is 1. The van der Waals surface area contributed by atoms with Gasteiger partial charge in [-0.3, -0.25) is 0 Å². The largest absolute Gasteiger partial charge is 0.512 e. The number of ether oxygens (including phenoxy) is 1. The lowest BCUT2D eigenvalue weighted by Crippen LogP contribution is -2.11. The molecular weight excluding hydrogens is 168 g/mol. The van der Waals surface area contributed by atoms with Crippen LogP contribution in [0.15, 0.2) is 11.3 Å². The van der Waals surface area contributed by atoms with Gasteiger partial charge in [-0.15, -0.1) is 0 Å². The highest BCUT2D eigenvalue weighted by molar-refractivity contribution is 5.89. The molecule has 1 aliphatic carbocycles. The van der Waals surface area contributed by atoms with Crippen molar-refractivity contribution in [3.63, 3.8) is 0 Å². The number of esters is 1. The van der Waals surface area contributed by atoms with Gasteiger partial charge < -0.3 is 9.84 Å². The SMILES string of the molecule is CCOC(=O)C1=C(O)CC(C)(C)C1. The van der Waals surface area contributed by atoms with E-state index in [2.05, 4.69) is 0 Å². The lowest BCUT2D eigenvalue weighted by atomic mass is 9.89. The number of aliphatic hydroxyl groups excluding tert-OH is 1. The summed E-state index contributed by atoms with van der Waals surface area (Å²) in [5.74, 6) is -0.172. The predicted octanol–water partition coefficient (Wildman–Crippen LogP) is 2.18. The van der Waals surface area contributed by atoms with Gasteiger partial charge in [0, 0.05) is 6.42 Å². The molecule has 0 radical (unpaired) electrons. The van der Waals surface area contributed by atoms with E-state index in [9.17, 15) is 9.90 Å². The first-order chi connectivity index (χ1) is 5.96. The zero-order chi connectivity index (χ0) is 10.1. The summed E-state index contributed by atoms with van der Waals surface area (Å²) in [7, 11) is 0. The molecule has 1 N–H and O–H groups in total. The van der Waals surface area contributed by atoms with E-state index in [0.717, 1.165) is 0 Å². The van der Waals surface area contributed by atoms with Gasteiger partial charge in [0.1, 0.15) is 5.76 Å². The molecule has 3 nitrogen and oxygen atoms in total. The van der Waals surface area contributed by atoms with Crippen molar-refractivity contribution < 1.29 is 14.6 Å². The molecule has 0 fully saturated rings. The molecule has 0 aliphatic heterocycles. The molecule has 0 heterocycles. The summed E-state index contributed by atoms with van der Waals surface area (Å²) in [4.78, 5) is 11.3. The van der Waals surface area contributed by atoms with Crippen molar-refractivity contribution in [1.29, 1.82) is 0 Å². The molecule has 0 aromatic rings. The van der Waals surface area contributed by atoms with E-state index in [1.165, 1.54) is 0 Å². The second-order valence-corrected chi connectivity index (χ2v) is 4.16. The van der Waals surface area contributed by atoms with Gasteiger partial charge >= 0.3 is 5.97 Å². The van der Waals surface area contributed by atoms with Crippen LogP contribution in [0.3, 0.4) is 0 Å². The Morgan fingerprint density at radius 3 is 2.54 bits per heavy atom. The molecule has 0 unspecified atom stereocenters. The Morgan fingerprint density at radius 1 is 1.54 bits per heavy atom. The summed E-state index contributed by atoms with van der Waals surface area (Å²) in [5, 5.41) is 9.50. The van der Waals surface area contributed by atoms with Crippen LogP contribution in [0.2, 0.25) is 0 Å². The Balaban J connectivity index is 2.71. The second kappa shape index (κ2) is 3.40. The Hall–Kier alpha value is -0.990. The maximum absolute atomic E-state index is 11.3. The first kappa shape index (κ1) is 10.1. The van der Waals surface area contributed by atoms with Crippen molar-refractivity contribution in [2.24, 2.45) is 5.41 Å². The minimum Gasteiger partial charge on any atom is -0.512 e. The molecule has 13 heavy (non-hydrogen) atoms. The standard InChI is InChI=1S/C10H16O3/c1-4-13-9(12)7-5-10(2,3)6-8(7)11/h11H,4-6H2,1-3H3. The van der Waals surface area contributed by atoms with E-state index in [-0.39, 0.29) is 17.1 Å². The third-order valence-corrected chi connectivity index (χ3v) is 2.17. The van der Waals surface area contributed by atoms with Crippen LogP contribution in [-0.2, 0) is 9.53 Å². The maximum atomic E-state index is 11.3. The van der Waals surface area contributed by atoms with Crippen molar-refractivity contribution in [1.82, 2.24) is 0 Å². The fraction of sp³-hybridized carbons (Fsp3) is 0.700. The Labute approximate surface area is 78.4 Å². The average molecular weight is 184 g/mol. The first-order valence-corrected chi connectivity index (χ1v) is 4.54. The third-order valence-electron chi connectivity index (χ3n) is 2.17. The topological polar surface area (TPSA) is 46.5 Å². The minimum atomic E-state index is -0.370. The third kappa shape index (κ3) is 2.23. The molecule has 0 aromatic carbocycles. The lowest BCUT2D eigenvalue weighted by molar-refractivity contribution is -0.138. The highest BCUT2D eigenvalue weighted by atomic mass is 16.5. The first-order valence-electron chi connectivity index (χ1n) is 4.54. The molecule has 0 atom stereocenters. The fourth-order valence-corrected chi connectivity index (χ4v) is 1.61. The highest BCUT2D eigenvalue weighted by Gasteiger charge is 2.34. The highest BCUT2D eigenvalue weighted by Crippen LogP contribution is 2.40. The molecule has 0 aromatic heterocycles. The number of hydrogen-bond donors (Lipinski definition) is 1. The summed E-state index contributed by atoms with van der Waals surface area (Å²) in [6.07, 6.45) is 1.18. The van der Waals surface area contributed by atoms with Gasteiger partial charge in [0.25, 0.3) is 0 Å². The molecule has 0 spiro atoms. The zero-order valence-corrected chi connectivity index (χ0v) is 8.39. The van der Waals surface area contributed by atoms with Crippen molar-refractivity contribution in [2.75, 3.05) is 6.61 Å². The van der Waals surface area contributed by atoms with E-state index < -0.39 is 0 Å². The second-order valence-electron chi connectivity index (χ2n) is 4.16. The molecule has 0 saturated heterocycles. The molecular formula is C10H16O3. The number of allylic oxidation sites excluding steroid dienone is 1. The molecule has 0 saturated carbocycles.